The molecule has 10 heteroatoms. The number of aromatic nitrogens is 3. The highest BCUT2D eigenvalue weighted by molar-refractivity contribution is 7.85. The molecule has 18 heavy (non-hydrogen) atoms. The van der Waals surface area contributed by atoms with Crippen LogP contribution in [0, 0.1) is 0 Å². The summed E-state index contributed by atoms with van der Waals surface area (Å²) in [7, 11) is -4.12. The van der Waals surface area contributed by atoms with Gasteiger partial charge in [-0.25, -0.2) is 0 Å². The van der Waals surface area contributed by atoms with Crippen LogP contribution in [-0.4, -0.2) is 46.9 Å². The summed E-state index contributed by atoms with van der Waals surface area (Å²) in [6.45, 7) is 4.99. The van der Waals surface area contributed by atoms with Crippen molar-refractivity contribution in [3.63, 3.8) is 0 Å². The minimum absolute atomic E-state index is 0.0644. The van der Waals surface area contributed by atoms with Gasteiger partial charge < -0.3 is 16.0 Å². The lowest BCUT2D eigenvalue weighted by molar-refractivity contribution is 0.485. The van der Waals surface area contributed by atoms with Gasteiger partial charge in [-0.2, -0.15) is 23.4 Å². The van der Waals surface area contributed by atoms with Gasteiger partial charge in [0.1, 0.15) is 5.88 Å². The van der Waals surface area contributed by atoms with Crippen LogP contribution in [-0.2, 0) is 10.1 Å². The molecular formula is C8H16N6O3S. The third-order valence-electron chi connectivity index (χ3n) is 1.72. The molecule has 102 valence electrons. The Morgan fingerprint density at radius 3 is 1.67 bits per heavy atom. The third kappa shape index (κ3) is 5.10. The van der Waals surface area contributed by atoms with Crippen LogP contribution in [0.2, 0.25) is 0 Å². The highest BCUT2D eigenvalue weighted by Crippen LogP contribution is 2.09. The van der Waals surface area contributed by atoms with Crippen molar-refractivity contribution in [1.82, 2.24) is 15.0 Å². The molecule has 0 aliphatic carbocycles. The first-order chi connectivity index (χ1) is 8.44. The Hall–Kier alpha value is -1.68. The number of nitrogens with one attached hydrogen (secondary N) is 3. The molecule has 0 fully saturated rings. The van der Waals surface area contributed by atoms with Crippen LogP contribution in [0.5, 0.6) is 0 Å². The largest absolute Gasteiger partial charge is 0.354 e. The predicted octanol–water partition coefficient (Wildman–Crippen LogP) is -0.00760. The number of hydrogen-bond donors (Lipinski definition) is 4. The molecule has 9 nitrogen and oxygen atoms in total. The number of rotatable bonds is 7. The second-order valence-corrected chi connectivity index (χ2v) is 4.72. The van der Waals surface area contributed by atoms with Gasteiger partial charge in [0.25, 0.3) is 10.1 Å². The molecule has 0 aromatic carbocycles. The third-order valence-corrected chi connectivity index (χ3v) is 2.23. The lowest BCUT2D eigenvalue weighted by Gasteiger charge is -2.08. The number of hydrogen-bond acceptors (Lipinski definition) is 8. The second-order valence-electron chi connectivity index (χ2n) is 3.27. The van der Waals surface area contributed by atoms with Gasteiger partial charge in [0.15, 0.2) is 0 Å². The summed E-state index contributed by atoms with van der Waals surface area (Å²) in [6.07, 6.45) is 0. The molecule has 4 N–H and O–H groups in total. The van der Waals surface area contributed by atoms with E-state index < -0.39 is 16.0 Å². The van der Waals surface area contributed by atoms with Gasteiger partial charge in [-0.05, 0) is 13.8 Å². The van der Waals surface area contributed by atoms with E-state index in [1.807, 2.05) is 13.8 Å². The first kappa shape index (κ1) is 14.4. The molecule has 0 atom stereocenters. The SMILES string of the molecule is CCNc1nc(NCC)nc(NCS(=O)(=O)O)n1. The van der Waals surface area contributed by atoms with Crippen molar-refractivity contribution in [3.8, 4) is 0 Å². The maximum absolute atomic E-state index is 10.6. The molecule has 1 aromatic rings. The van der Waals surface area contributed by atoms with E-state index in [9.17, 15) is 8.42 Å². The van der Waals surface area contributed by atoms with Crippen molar-refractivity contribution in [2.24, 2.45) is 0 Å². The molecule has 0 bridgehead atoms. The zero-order chi connectivity index (χ0) is 13.6. The van der Waals surface area contributed by atoms with Gasteiger partial charge in [0, 0.05) is 13.1 Å². The molecule has 0 unspecified atom stereocenters. The zero-order valence-electron chi connectivity index (χ0n) is 10.1. The number of nitrogens with zero attached hydrogens (tertiary/aromatic N) is 3. The molecule has 0 saturated carbocycles. The Morgan fingerprint density at radius 2 is 1.33 bits per heavy atom. The second kappa shape index (κ2) is 6.31. The summed E-state index contributed by atoms with van der Waals surface area (Å²) in [5.41, 5.74) is 0. The summed E-state index contributed by atoms with van der Waals surface area (Å²) in [5, 5.41) is 8.18. The Balaban J connectivity index is 2.88. The Morgan fingerprint density at radius 1 is 0.944 bits per heavy atom. The van der Waals surface area contributed by atoms with Crippen molar-refractivity contribution >= 4 is 28.0 Å². The van der Waals surface area contributed by atoms with Crippen molar-refractivity contribution in [3.05, 3.63) is 0 Å². The predicted molar refractivity (Wildman–Crippen MR) is 68.2 cm³/mol. The van der Waals surface area contributed by atoms with E-state index in [0.29, 0.717) is 25.0 Å². The molecule has 0 amide bonds. The minimum atomic E-state index is -4.12. The first-order valence-electron chi connectivity index (χ1n) is 5.37. The van der Waals surface area contributed by atoms with E-state index in [1.165, 1.54) is 0 Å². The highest BCUT2D eigenvalue weighted by atomic mass is 32.2. The average molecular weight is 276 g/mol. The molecule has 0 aliphatic heterocycles. The highest BCUT2D eigenvalue weighted by Gasteiger charge is 2.08. The quantitative estimate of drug-likeness (QED) is 0.508. The summed E-state index contributed by atoms with van der Waals surface area (Å²) in [5.74, 6) is 0.0471. The van der Waals surface area contributed by atoms with Crippen LogP contribution in [0.4, 0.5) is 17.8 Å². The van der Waals surface area contributed by atoms with Gasteiger partial charge in [0.05, 0.1) is 0 Å². The Labute approximate surface area is 105 Å². The first-order valence-corrected chi connectivity index (χ1v) is 6.98. The van der Waals surface area contributed by atoms with E-state index in [1.54, 1.807) is 0 Å². The van der Waals surface area contributed by atoms with E-state index in [0.717, 1.165) is 0 Å². The van der Waals surface area contributed by atoms with E-state index in [-0.39, 0.29) is 5.95 Å². The van der Waals surface area contributed by atoms with Gasteiger partial charge >= 0.3 is 0 Å². The van der Waals surface area contributed by atoms with Gasteiger partial charge in [-0.15, -0.1) is 0 Å². The molecule has 1 heterocycles. The molecule has 1 rings (SSSR count). The van der Waals surface area contributed by atoms with Gasteiger partial charge in [-0.1, -0.05) is 0 Å². The standard InChI is InChI=1S/C8H16N6O3S/c1-3-9-6-12-7(10-4-2)14-8(13-6)11-5-18(15,16)17/h3-5H2,1-2H3,(H,15,16,17)(H3,9,10,11,12,13,14). The lowest BCUT2D eigenvalue weighted by Crippen LogP contribution is -2.17. The fourth-order valence-electron chi connectivity index (χ4n) is 1.09. The Kier molecular flexibility index (Phi) is 5.04. The summed E-state index contributed by atoms with van der Waals surface area (Å²) >= 11 is 0. The van der Waals surface area contributed by atoms with Crippen LogP contribution in [0.15, 0.2) is 0 Å². The van der Waals surface area contributed by atoms with E-state index in [2.05, 4.69) is 30.9 Å². The van der Waals surface area contributed by atoms with Crippen LogP contribution in [0.3, 0.4) is 0 Å². The Bertz CT molecular complexity index is 467. The molecule has 0 aliphatic rings. The average Bonchev–Trinajstić information content (AvgIpc) is 2.26. The fraction of sp³-hybridized carbons (Fsp3) is 0.625. The zero-order valence-corrected chi connectivity index (χ0v) is 11.0. The molecular weight excluding hydrogens is 260 g/mol. The van der Waals surface area contributed by atoms with Crippen LogP contribution in [0.25, 0.3) is 0 Å². The van der Waals surface area contributed by atoms with E-state index >= 15 is 0 Å². The lowest BCUT2D eigenvalue weighted by atomic mass is 10.7. The number of anilines is 3. The maximum atomic E-state index is 10.6. The van der Waals surface area contributed by atoms with Crippen molar-refractivity contribution in [1.29, 1.82) is 0 Å². The summed E-state index contributed by atoms with van der Waals surface area (Å²) < 4.78 is 29.9. The maximum Gasteiger partial charge on any atom is 0.283 e. The normalized spacial score (nSPS) is 11.1. The van der Waals surface area contributed by atoms with E-state index in [4.69, 9.17) is 4.55 Å². The minimum Gasteiger partial charge on any atom is -0.354 e. The van der Waals surface area contributed by atoms with Gasteiger partial charge in [0.2, 0.25) is 17.8 Å². The fourth-order valence-corrected chi connectivity index (χ4v) is 1.40. The van der Waals surface area contributed by atoms with Crippen molar-refractivity contribution in [2.45, 2.75) is 13.8 Å². The van der Waals surface area contributed by atoms with Crippen LogP contribution < -0.4 is 16.0 Å². The molecule has 1 aromatic heterocycles. The van der Waals surface area contributed by atoms with Crippen molar-refractivity contribution in [2.75, 3.05) is 34.9 Å². The molecule has 0 spiro atoms. The summed E-state index contributed by atoms with van der Waals surface area (Å²) in [4.78, 5) is 12.0. The molecule has 0 radical (unpaired) electrons. The van der Waals surface area contributed by atoms with Crippen molar-refractivity contribution < 1.29 is 13.0 Å². The van der Waals surface area contributed by atoms with Gasteiger partial charge in [-0.3, -0.25) is 4.55 Å². The summed E-state index contributed by atoms with van der Waals surface area (Å²) in [6, 6.07) is 0. The van der Waals surface area contributed by atoms with Crippen LogP contribution in [0.1, 0.15) is 13.8 Å². The van der Waals surface area contributed by atoms with Crippen LogP contribution >= 0.6 is 0 Å². The molecule has 0 saturated heterocycles. The smallest absolute Gasteiger partial charge is 0.283 e. The topological polar surface area (TPSA) is 129 Å². The monoisotopic (exact) mass is 276 g/mol.